The molecule has 0 saturated carbocycles. The van der Waals surface area contributed by atoms with E-state index >= 15 is 0 Å². The van der Waals surface area contributed by atoms with Gasteiger partial charge in [0, 0.05) is 12.1 Å². The molecule has 0 unspecified atom stereocenters. The molecule has 0 aliphatic rings. The molecule has 0 aliphatic heterocycles. The number of amides is 1. The summed E-state index contributed by atoms with van der Waals surface area (Å²) < 4.78 is 12.8. The highest BCUT2D eigenvalue weighted by Gasteiger charge is 2.07. The summed E-state index contributed by atoms with van der Waals surface area (Å²) >= 11 is 5.55. The van der Waals surface area contributed by atoms with Gasteiger partial charge in [0.1, 0.15) is 5.82 Å². The third-order valence-electron chi connectivity index (χ3n) is 1.82. The first-order chi connectivity index (χ1) is 7.15. The van der Waals surface area contributed by atoms with Crippen LogP contribution in [-0.2, 0) is 0 Å². The molecule has 0 fully saturated rings. The predicted octanol–water partition coefficient (Wildman–Crippen LogP) is 2.79. The van der Waals surface area contributed by atoms with Crippen LogP contribution < -0.4 is 5.32 Å². The third-order valence-corrected chi connectivity index (χ3v) is 2.11. The molecule has 0 spiro atoms. The van der Waals surface area contributed by atoms with E-state index < -0.39 is 5.82 Å². The summed E-state index contributed by atoms with van der Waals surface area (Å²) in [5.74, 6) is -0.793. The van der Waals surface area contributed by atoms with Crippen molar-refractivity contribution in [2.75, 3.05) is 6.54 Å². The van der Waals surface area contributed by atoms with E-state index in [9.17, 15) is 9.18 Å². The predicted molar refractivity (Wildman–Crippen MR) is 58.6 cm³/mol. The molecule has 0 bridgehead atoms. The van der Waals surface area contributed by atoms with Crippen molar-refractivity contribution in [2.24, 2.45) is 0 Å². The van der Waals surface area contributed by atoms with Crippen molar-refractivity contribution in [1.29, 1.82) is 0 Å². The number of carbonyl (C=O) groups excluding carboxylic acids is 1. The fourth-order valence-electron chi connectivity index (χ4n) is 1.03. The van der Waals surface area contributed by atoms with Crippen molar-refractivity contribution in [3.63, 3.8) is 0 Å². The Kier molecular flexibility index (Phi) is 4.31. The van der Waals surface area contributed by atoms with Gasteiger partial charge in [0.05, 0.1) is 5.02 Å². The van der Waals surface area contributed by atoms with Crippen LogP contribution >= 0.6 is 11.6 Å². The molecule has 1 N–H and O–H groups in total. The van der Waals surface area contributed by atoms with Crippen molar-refractivity contribution in [2.45, 2.75) is 6.42 Å². The Morgan fingerprint density at radius 2 is 2.33 bits per heavy atom. The van der Waals surface area contributed by atoms with Crippen LogP contribution in [0.15, 0.2) is 30.9 Å². The molecular weight excluding hydrogens is 217 g/mol. The van der Waals surface area contributed by atoms with Gasteiger partial charge in [0.2, 0.25) is 0 Å². The molecular formula is C11H11ClFNO. The number of nitrogens with one attached hydrogen (secondary N) is 1. The van der Waals surface area contributed by atoms with Crippen LogP contribution in [-0.4, -0.2) is 12.5 Å². The number of carbonyl (C=O) groups is 1. The van der Waals surface area contributed by atoms with Gasteiger partial charge in [-0.15, -0.1) is 6.58 Å². The maximum atomic E-state index is 12.8. The molecule has 80 valence electrons. The first-order valence-electron chi connectivity index (χ1n) is 4.49. The molecule has 4 heteroatoms. The SMILES string of the molecule is C=CCCNC(=O)c1ccc(F)c(Cl)c1. The normalized spacial score (nSPS) is 9.73. The first-order valence-corrected chi connectivity index (χ1v) is 4.87. The van der Waals surface area contributed by atoms with Gasteiger partial charge >= 0.3 is 0 Å². The monoisotopic (exact) mass is 227 g/mol. The van der Waals surface area contributed by atoms with E-state index in [-0.39, 0.29) is 10.9 Å². The van der Waals surface area contributed by atoms with Crippen LogP contribution in [0.5, 0.6) is 0 Å². The average Bonchev–Trinajstić information content (AvgIpc) is 2.22. The van der Waals surface area contributed by atoms with Gasteiger partial charge in [0.25, 0.3) is 5.91 Å². The van der Waals surface area contributed by atoms with Gasteiger partial charge in [-0.2, -0.15) is 0 Å². The highest BCUT2D eigenvalue weighted by atomic mass is 35.5. The maximum Gasteiger partial charge on any atom is 0.251 e. The van der Waals surface area contributed by atoms with Crippen molar-refractivity contribution < 1.29 is 9.18 Å². The lowest BCUT2D eigenvalue weighted by Gasteiger charge is -2.03. The van der Waals surface area contributed by atoms with E-state index in [1.165, 1.54) is 18.2 Å². The topological polar surface area (TPSA) is 29.1 Å². The second-order valence-electron chi connectivity index (χ2n) is 2.96. The standard InChI is InChI=1S/C11H11ClFNO/c1-2-3-6-14-11(15)8-4-5-10(13)9(12)7-8/h2,4-5,7H,1,3,6H2,(H,14,15). The quantitative estimate of drug-likeness (QED) is 0.622. The lowest BCUT2D eigenvalue weighted by molar-refractivity contribution is 0.0954. The minimum atomic E-state index is -0.528. The fourth-order valence-corrected chi connectivity index (χ4v) is 1.21. The van der Waals surface area contributed by atoms with E-state index in [1.807, 2.05) is 0 Å². The summed E-state index contributed by atoms with van der Waals surface area (Å²) in [6.45, 7) is 4.05. The number of halogens is 2. The molecule has 0 aliphatic carbocycles. The number of benzene rings is 1. The van der Waals surface area contributed by atoms with Gasteiger partial charge in [0.15, 0.2) is 0 Å². The van der Waals surface area contributed by atoms with Crippen molar-refractivity contribution >= 4 is 17.5 Å². The summed E-state index contributed by atoms with van der Waals surface area (Å²) in [7, 11) is 0. The first kappa shape index (κ1) is 11.7. The molecule has 1 amide bonds. The zero-order valence-electron chi connectivity index (χ0n) is 8.09. The lowest BCUT2D eigenvalue weighted by Crippen LogP contribution is -2.24. The van der Waals surface area contributed by atoms with Gasteiger partial charge < -0.3 is 5.32 Å². The highest BCUT2D eigenvalue weighted by Crippen LogP contribution is 2.15. The molecule has 2 nitrogen and oxygen atoms in total. The van der Waals surface area contributed by atoms with Crippen molar-refractivity contribution in [1.82, 2.24) is 5.32 Å². The van der Waals surface area contributed by atoms with Gasteiger partial charge in [-0.1, -0.05) is 17.7 Å². The Labute approximate surface area is 92.7 Å². The second kappa shape index (κ2) is 5.51. The van der Waals surface area contributed by atoms with Crippen LogP contribution in [0.1, 0.15) is 16.8 Å². The maximum absolute atomic E-state index is 12.8. The number of rotatable bonds is 4. The molecule has 1 rings (SSSR count). The zero-order chi connectivity index (χ0) is 11.3. The third kappa shape index (κ3) is 3.36. The molecule has 0 heterocycles. The van der Waals surface area contributed by atoms with Crippen molar-refractivity contribution in [3.8, 4) is 0 Å². The summed E-state index contributed by atoms with van der Waals surface area (Å²) in [4.78, 5) is 11.5. The Hall–Kier alpha value is -1.35. The van der Waals surface area contributed by atoms with Crippen LogP contribution in [0.4, 0.5) is 4.39 Å². The molecule has 0 aromatic heterocycles. The van der Waals surface area contributed by atoms with Gasteiger partial charge in [-0.25, -0.2) is 4.39 Å². The van der Waals surface area contributed by atoms with E-state index in [0.717, 1.165) is 0 Å². The van der Waals surface area contributed by atoms with Crippen molar-refractivity contribution in [3.05, 3.63) is 47.3 Å². The molecule has 0 radical (unpaired) electrons. The number of hydrogen-bond donors (Lipinski definition) is 1. The summed E-state index contributed by atoms with van der Waals surface area (Å²) in [5.41, 5.74) is 0.352. The lowest BCUT2D eigenvalue weighted by atomic mass is 10.2. The Bertz CT molecular complexity index is 379. The summed E-state index contributed by atoms with van der Waals surface area (Å²) in [6.07, 6.45) is 2.40. The summed E-state index contributed by atoms with van der Waals surface area (Å²) in [6, 6.07) is 3.87. The van der Waals surface area contributed by atoms with Gasteiger partial charge in [-0.05, 0) is 24.6 Å². The highest BCUT2D eigenvalue weighted by molar-refractivity contribution is 6.31. The Morgan fingerprint density at radius 3 is 2.93 bits per heavy atom. The largest absolute Gasteiger partial charge is 0.352 e. The average molecular weight is 228 g/mol. The number of hydrogen-bond acceptors (Lipinski definition) is 1. The second-order valence-corrected chi connectivity index (χ2v) is 3.37. The van der Waals surface area contributed by atoms with Gasteiger partial charge in [-0.3, -0.25) is 4.79 Å². The fraction of sp³-hybridized carbons (Fsp3) is 0.182. The minimum Gasteiger partial charge on any atom is -0.352 e. The Morgan fingerprint density at radius 1 is 1.60 bits per heavy atom. The van der Waals surface area contributed by atoms with E-state index in [0.29, 0.717) is 18.5 Å². The summed E-state index contributed by atoms with van der Waals surface area (Å²) in [5, 5.41) is 2.61. The molecule has 0 saturated heterocycles. The Balaban J connectivity index is 2.65. The molecule has 15 heavy (non-hydrogen) atoms. The molecule has 1 aromatic rings. The zero-order valence-corrected chi connectivity index (χ0v) is 8.85. The minimum absolute atomic E-state index is 0.0497. The van der Waals surface area contributed by atoms with E-state index in [1.54, 1.807) is 6.08 Å². The molecule has 0 atom stereocenters. The van der Waals surface area contributed by atoms with Crippen LogP contribution in [0.3, 0.4) is 0 Å². The van der Waals surface area contributed by atoms with E-state index in [4.69, 9.17) is 11.6 Å². The van der Waals surface area contributed by atoms with Crippen LogP contribution in [0.25, 0.3) is 0 Å². The van der Waals surface area contributed by atoms with Crippen LogP contribution in [0.2, 0.25) is 5.02 Å². The molecule has 1 aromatic carbocycles. The smallest absolute Gasteiger partial charge is 0.251 e. The van der Waals surface area contributed by atoms with E-state index in [2.05, 4.69) is 11.9 Å². The van der Waals surface area contributed by atoms with Crippen LogP contribution in [0, 0.1) is 5.82 Å².